The minimum atomic E-state index is 0.459. The van der Waals surface area contributed by atoms with E-state index in [1.54, 1.807) is 36.4 Å². The van der Waals surface area contributed by atoms with Crippen LogP contribution in [0.1, 0.15) is 21.1 Å². The van der Waals surface area contributed by atoms with Gasteiger partial charge in [-0.1, -0.05) is 18.2 Å². The van der Waals surface area contributed by atoms with Gasteiger partial charge in [-0.3, -0.25) is 4.98 Å². The molecule has 0 atom stereocenters. The van der Waals surface area contributed by atoms with E-state index in [4.69, 9.17) is 21.1 Å². The van der Waals surface area contributed by atoms with Crippen molar-refractivity contribution >= 4 is 45.6 Å². The molecule has 0 saturated carbocycles. The Kier molecular flexibility index (Phi) is 6.77. The van der Waals surface area contributed by atoms with Gasteiger partial charge in [0.1, 0.15) is 28.6 Å². The first-order chi connectivity index (χ1) is 14.7. The van der Waals surface area contributed by atoms with Crippen molar-refractivity contribution in [1.82, 2.24) is 9.97 Å². The second kappa shape index (κ2) is 9.69. The van der Waals surface area contributed by atoms with E-state index in [1.807, 2.05) is 37.3 Å². The van der Waals surface area contributed by atoms with E-state index in [1.165, 1.54) is 4.88 Å². The minimum Gasteiger partial charge on any atom is -0.497 e. The molecule has 0 fully saturated rings. The first-order valence-corrected chi connectivity index (χ1v) is 11.8. The van der Waals surface area contributed by atoms with Crippen LogP contribution in [0.25, 0.3) is 10.9 Å². The largest absolute Gasteiger partial charge is 0.497 e. The predicted octanol–water partition coefficient (Wildman–Crippen LogP) is 6.62. The predicted molar refractivity (Wildman–Crippen MR) is 125 cm³/mol. The molecule has 0 bridgehead atoms. The van der Waals surface area contributed by atoms with Gasteiger partial charge < -0.3 is 9.47 Å². The average Bonchev–Trinajstić information content (AvgIpc) is 3.16. The Bertz CT molecular complexity index is 1150. The molecule has 4 rings (SSSR count). The SMILES string of the molecule is COc1ccc(COc2cc(SCc3sc(CCl)nc3C)cc3cccnc23)cc1. The standard InChI is InChI=1S/C23H21ClN2O2S2/c1-15-21(30-22(12-24)26-15)14-29-19-10-17-4-3-9-25-23(17)20(11-19)28-13-16-5-7-18(27-2)8-6-16/h3-11H,12-14H2,1-2H3. The van der Waals surface area contributed by atoms with E-state index in [0.717, 1.165) is 49.3 Å². The molecule has 0 saturated heterocycles. The fourth-order valence-electron chi connectivity index (χ4n) is 3.04. The van der Waals surface area contributed by atoms with Gasteiger partial charge in [0.05, 0.1) is 18.7 Å². The van der Waals surface area contributed by atoms with E-state index < -0.39 is 0 Å². The van der Waals surface area contributed by atoms with E-state index in [9.17, 15) is 0 Å². The molecule has 0 N–H and O–H groups in total. The number of aromatic nitrogens is 2. The molecule has 0 amide bonds. The van der Waals surface area contributed by atoms with Gasteiger partial charge in [-0.15, -0.1) is 34.7 Å². The first kappa shape index (κ1) is 21.0. The van der Waals surface area contributed by atoms with Gasteiger partial charge in [-0.25, -0.2) is 4.98 Å². The highest BCUT2D eigenvalue weighted by Crippen LogP contribution is 2.34. The van der Waals surface area contributed by atoms with Crippen molar-refractivity contribution in [1.29, 1.82) is 0 Å². The number of hydrogen-bond acceptors (Lipinski definition) is 6. The zero-order valence-corrected chi connectivity index (χ0v) is 19.1. The van der Waals surface area contributed by atoms with Gasteiger partial charge in [0, 0.05) is 27.1 Å². The lowest BCUT2D eigenvalue weighted by atomic mass is 10.2. The number of alkyl halides is 1. The van der Waals surface area contributed by atoms with Crippen LogP contribution >= 0.6 is 34.7 Å². The quantitative estimate of drug-likeness (QED) is 0.220. The van der Waals surface area contributed by atoms with Crippen molar-refractivity contribution < 1.29 is 9.47 Å². The molecular weight excluding hydrogens is 436 g/mol. The number of benzene rings is 2. The van der Waals surface area contributed by atoms with Gasteiger partial charge in [0.15, 0.2) is 0 Å². The summed E-state index contributed by atoms with van der Waals surface area (Å²) in [7, 11) is 1.66. The smallest absolute Gasteiger partial charge is 0.147 e. The summed E-state index contributed by atoms with van der Waals surface area (Å²) < 4.78 is 11.4. The van der Waals surface area contributed by atoms with Crippen LogP contribution in [-0.4, -0.2) is 17.1 Å². The summed E-state index contributed by atoms with van der Waals surface area (Å²) in [5, 5.41) is 2.03. The van der Waals surface area contributed by atoms with Gasteiger partial charge in [-0.05, 0) is 42.8 Å². The lowest BCUT2D eigenvalue weighted by Crippen LogP contribution is -1.97. The topological polar surface area (TPSA) is 44.2 Å². The molecule has 0 aliphatic carbocycles. The Labute approximate surface area is 189 Å². The molecule has 0 unspecified atom stereocenters. The Balaban J connectivity index is 1.54. The number of methoxy groups -OCH3 is 1. The highest BCUT2D eigenvalue weighted by Gasteiger charge is 2.11. The summed E-state index contributed by atoms with van der Waals surface area (Å²) in [5.41, 5.74) is 3.00. The molecule has 4 nitrogen and oxygen atoms in total. The molecule has 0 aliphatic heterocycles. The number of rotatable bonds is 8. The summed E-state index contributed by atoms with van der Waals surface area (Å²) >= 11 is 9.38. The van der Waals surface area contributed by atoms with Gasteiger partial charge in [0.2, 0.25) is 0 Å². The summed E-state index contributed by atoms with van der Waals surface area (Å²) in [6.07, 6.45) is 1.80. The number of fused-ring (bicyclic) bond motifs is 1. The van der Waals surface area contributed by atoms with Crippen molar-refractivity contribution in [2.24, 2.45) is 0 Å². The molecule has 4 aromatic rings. The summed E-state index contributed by atoms with van der Waals surface area (Å²) in [4.78, 5) is 11.4. The molecule has 0 radical (unpaired) electrons. The van der Waals surface area contributed by atoms with Gasteiger partial charge in [-0.2, -0.15) is 0 Å². The Hall–Kier alpha value is -2.28. The molecule has 7 heteroatoms. The fraction of sp³-hybridized carbons (Fsp3) is 0.217. The van der Waals surface area contributed by atoms with Crippen molar-refractivity contribution in [2.45, 2.75) is 30.1 Å². The summed E-state index contributed by atoms with van der Waals surface area (Å²) in [5.74, 6) is 2.93. The van der Waals surface area contributed by atoms with E-state index in [-0.39, 0.29) is 0 Å². The van der Waals surface area contributed by atoms with Crippen molar-refractivity contribution in [3.63, 3.8) is 0 Å². The van der Waals surface area contributed by atoms with Crippen LogP contribution in [0.5, 0.6) is 11.5 Å². The van der Waals surface area contributed by atoms with Gasteiger partial charge in [0.25, 0.3) is 0 Å². The van der Waals surface area contributed by atoms with Crippen LogP contribution in [0, 0.1) is 6.92 Å². The van der Waals surface area contributed by atoms with Crippen molar-refractivity contribution in [3.8, 4) is 11.5 Å². The Morgan fingerprint density at radius 2 is 1.97 bits per heavy atom. The van der Waals surface area contributed by atoms with Gasteiger partial charge >= 0.3 is 0 Å². The van der Waals surface area contributed by atoms with Crippen LogP contribution in [0.15, 0.2) is 59.6 Å². The molecule has 2 heterocycles. The number of pyridine rings is 1. The maximum Gasteiger partial charge on any atom is 0.147 e. The van der Waals surface area contributed by atoms with Crippen LogP contribution in [0.4, 0.5) is 0 Å². The number of halogens is 1. The number of hydrogen-bond donors (Lipinski definition) is 0. The lowest BCUT2D eigenvalue weighted by Gasteiger charge is -2.12. The molecule has 2 aromatic heterocycles. The fourth-order valence-corrected chi connectivity index (χ4v) is 5.30. The highest BCUT2D eigenvalue weighted by molar-refractivity contribution is 7.98. The molecule has 2 aromatic carbocycles. The molecule has 30 heavy (non-hydrogen) atoms. The number of ether oxygens (including phenoxy) is 2. The Morgan fingerprint density at radius 3 is 2.70 bits per heavy atom. The average molecular weight is 457 g/mol. The highest BCUT2D eigenvalue weighted by atomic mass is 35.5. The normalized spacial score (nSPS) is 11.0. The molecule has 154 valence electrons. The number of nitrogens with zero attached hydrogens (tertiary/aromatic N) is 2. The second-order valence-corrected chi connectivity index (χ2v) is 9.16. The molecule has 0 spiro atoms. The third-order valence-electron chi connectivity index (χ3n) is 4.62. The minimum absolute atomic E-state index is 0.459. The molecular formula is C23H21ClN2O2S2. The third kappa shape index (κ3) is 4.89. The summed E-state index contributed by atoms with van der Waals surface area (Å²) in [6.45, 7) is 2.51. The van der Waals surface area contributed by atoms with Crippen LogP contribution < -0.4 is 9.47 Å². The number of aryl methyl sites for hydroxylation is 1. The van der Waals surface area contributed by atoms with Crippen LogP contribution in [0.3, 0.4) is 0 Å². The Morgan fingerprint density at radius 1 is 1.13 bits per heavy atom. The van der Waals surface area contributed by atoms with E-state index >= 15 is 0 Å². The lowest BCUT2D eigenvalue weighted by molar-refractivity contribution is 0.308. The first-order valence-electron chi connectivity index (χ1n) is 9.44. The second-order valence-electron chi connectivity index (χ2n) is 6.67. The van der Waals surface area contributed by atoms with Crippen LogP contribution in [-0.2, 0) is 18.2 Å². The third-order valence-corrected chi connectivity index (χ3v) is 7.37. The monoisotopic (exact) mass is 456 g/mol. The zero-order valence-electron chi connectivity index (χ0n) is 16.7. The van der Waals surface area contributed by atoms with E-state index in [2.05, 4.69) is 28.2 Å². The summed E-state index contributed by atoms with van der Waals surface area (Å²) in [6, 6.07) is 16.1. The maximum atomic E-state index is 6.17. The van der Waals surface area contributed by atoms with Crippen LogP contribution in [0.2, 0.25) is 0 Å². The number of thioether (sulfide) groups is 1. The maximum absolute atomic E-state index is 6.17. The molecule has 0 aliphatic rings. The van der Waals surface area contributed by atoms with E-state index in [0.29, 0.717) is 12.5 Å². The van der Waals surface area contributed by atoms with Crippen molar-refractivity contribution in [2.75, 3.05) is 7.11 Å². The zero-order chi connectivity index (χ0) is 20.9. The number of thiazole rings is 1. The van der Waals surface area contributed by atoms with Crippen molar-refractivity contribution in [3.05, 3.63) is 75.9 Å².